The number of hydrogen-bond donors (Lipinski definition) is 0. The summed E-state index contributed by atoms with van der Waals surface area (Å²) in [5.41, 5.74) is 1.12. The molecular weight excluding hydrogens is 270 g/mol. The van der Waals surface area contributed by atoms with Crippen molar-refractivity contribution < 1.29 is 14.4 Å². The topological polar surface area (TPSA) is 60.9 Å². The zero-order valence-corrected chi connectivity index (χ0v) is 13.1. The monoisotopic (exact) mass is 291 g/mol. The molecule has 21 heavy (non-hydrogen) atoms. The molecule has 1 aromatic rings. The molecule has 0 saturated carbocycles. The van der Waals surface area contributed by atoms with Gasteiger partial charge in [0.25, 0.3) is 5.91 Å². The maximum atomic E-state index is 11.8. The van der Waals surface area contributed by atoms with Crippen LogP contribution in [0.5, 0.6) is 0 Å². The molecule has 114 valence electrons. The molecule has 0 aliphatic heterocycles. The van der Waals surface area contributed by atoms with Crippen LogP contribution in [0.25, 0.3) is 0 Å². The van der Waals surface area contributed by atoms with Crippen LogP contribution in [-0.2, 0) is 9.59 Å². The average Bonchev–Trinajstić information content (AvgIpc) is 2.43. The molecule has 0 aliphatic rings. The van der Waals surface area contributed by atoms with Gasteiger partial charge in [0, 0.05) is 46.4 Å². The highest BCUT2D eigenvalue weighted by molar-refractivity contribution is 5.98. The first-order valence-corrected chi connectivity index (χ1v) is 6.54. The fourth-order valence-electron chi connectivity index (χ4n) is 1.70. The summed E-state index contributed by atoms with van der Waals surface area (Å²) in [7, 11) is 6.63. The lowest BCUT2D eigenvalue weighted by atomic mass is 10.1. The van der Waals surface area contributed by atoms with Gasteiger partial charge in [0.05, 0.1) is 0 Å². The molecule has 6 nitrogen and oxygen atoms in total. The van der Waals surface area contributed by atoms with Crippen molar-refractivity contribution >= 4 is 23.4 Å². The first-order valence-electron chi connectivity index (χ1n) is 6.54. The summed E-state index contributed by atoms with van der Waals surface area (Å²) in [6.07, 6.45) is 0. The summed E-state index contributed by atoms with van der Waals surface area (Å²) < 4.78 is 0. The van der Waals surface area contributed by atoms with Crippen molar-refractivity contribution in [2.75, 3.05) is 39.6 Å². The van der Waals surface area contributed by atoms with Gasteiger partial charge in [-0.1, -0.05) is 0 Å². The molecular formula is C15H21N3O3. The Labute approximate surface area is 124 Å². The molecule has 0 unspecified atom stereocenters. The number of anilines is 1. The van der Waals surface area contributed by atoms with E-state index < -0.39 is 0 Å². The molecule has 0 heterocycles. The predicted octanol–water partition coefficient (Wildman–Crippen LogP) is 0.830. The lowest BCUT2D eigenvalue weighted by Gasteiger charge is -2.23. The standard InChI is InChI=1S/C15H21N3O3/c1-11(19)18(10-14(20)16(2)3)13-8-6-12(7-9-13)15(21)17(4)5/h6-9H,10H2,1-5H3. The van der Waals surface area contributed by atoms with Crippen molar-refractivity contribution in [2.45, 2.75) is 6.92 Å². The zero-order chi connectivity index (χ0) is 16.2. The molecule has 0 aromatic heterocycles. The van der Waals surface area contributed by atoms with Crippen LogP contribution in [0.2, 0.25) is 0 Å². The van der Waals surface area contributed by atoms with Crippen molar-refractivity contribution in [3.63, 3.8) is 0 Å². The van der Waals surface area contributed by atoms with Crippen LogP contribution in [0, 0.1) is 0 Å². The molecule has 0 atom stereocenters. The van der Waals surface area contributed by atoms with E-state index >= 15 is 0 Å². The highest BCUT2D eigenvalue weighted by Crippen LogP contribution is 2.16. The average molecular weight is 291 g/mol. The second-order valence-corrected chi connectivity index (χ2v) is 5.14. The van der Waals surface area contributed by atoms with E-state index in [2.05, 4.69) is 0 Å². The van der Waals surface area contributed by atoms with Crippen LogP contribution in [-0.4, -0.2) is 62.3 Å². The van der Waals surface area contributed by atoms with Gasteiger partial charge < -0.3 is 14.7 Å². The SMILES string of the molecule is CC(=O)N(CC(=O)N(C)C)c1ccc(C(=O)N(C)C)cc1. The zero-order valence-electron chi connectivity index (χ0n) is 13.1. The van der Waals surface area contributed by atoms with Gasteiger partial charge in [-0.15, -0.1) is 0 Å². The van der Waals surface area contributed by atoms with E-state index in [1.54, 1.807) is 52.5 Å². The van der Waals surface area contributed by atoms with Crippen LogP contribution >= 0.6 is 0 Å². The number of likely N-dealkylation sites (N-methyl/N-ethyl adjacent to an activating group) is 1. The normalized spacial score (nSPS) is 9.95. The Kier molecular flexibility index (Phi) is 5.46. The smallest absolute Gasteiger partial charge is 0.253 e. The summed E-state index contributed by atoms with van der Waals surface area (Å²) in [4.78, 5) is 39.6. The van der Waals surface area contributed by atoms with E-state index in [1.807, 2.05) is 0 Å². The van der Waals surface area contributed by atoms with Crippen LogP contribution in [0.3, 0.4) is 0 Å². The van der Waals surface area contributed by atoms with Gasteiger partial charge in [0.2, 0.25) is 11.8 Å². The van der Waals surface area contributed by atoms with Gasteiger partial charge in [-0.25, -0.2) is 0 Å². The fraction of sp³-hybridized carbons (Fsp3) is 0.400. The van der Waals surface area contributed by atoms with E-state index in [-0.39, 0.29) is 24.3 Å². The summed E-state index contributed by atoms with van der Waals surface area (Å²) in [5.74, 6) is -0.504. The second kappa shape index (κ2) is 6.88. The van der Waals surface area contributed by atoms with E-state index in [9.17, 15) is 14.4 Å². The van der Waals surface area contributed by atoms with E-state index in [4.69, 9.17) is 0 Å². The van der Waals surface area contributed by atoms with Crippen LogP contribution in [0.15, 0.2) is 24.3 Å². The molecule has 1 rings (SSSR count). The lowest BCUT2D eigenvalue weighted by Crippen LogP contribution is -2.39. The Morgan fingerprint density at radius 3 is 1.81 bits per heavy atom. The maximum Gasteiger partial charge on any atom is 0.253 e. The number of carbonyl (C=O) groups excluding carboxylic acids is 3. The van der Waals surface area contributed by atoms with Crippen molar-refractivity contribution in [3.05, 3.63) is 29.8 Å². The molecule has 1 aromatic carbocycles. The molecule has 0 N–H and O–H groups in total. The minimum absolute atomic E-state index is 0.0245. The van der Waals surface area contributed by atoms with Gasteiger partial charge in [-0.05, 0) is 24.3 Å². The molecule has 0 saturated heterocycles. The third-order valence-corrected chi connectivity index (χ3v) is 3.00. The number of benzene rings is 1. The van der Waals surface area contributed by atoms with Crippen molar-refractivity contribution in [2.24, 2.45) is 0 Å². The Bertz CT molecular complexity index is 536. The number of hydrogen-bond acceptors (Lipinski definition) is 3. The Morgan fingerprint density at radius 2 is 1.43 bits per heavy atom. The van der Waals surface area contributed by atoms with Gasteiger partial charge in [0.15, 0.2) is 0 Å². The first-order chi connectivity index (χ1) is 9.73. The minimum atomic E-state index is -0.225. The molecule has 0 radical (unpaired) electrons. The van der Waals surface area contributed by atoms with Gasteiger partial charge in [0.1, 0.15) is 6.54 Å². The van der Waals surface area contributed by atoms with Crippen molar-refractivity contribution in [1.82, 2.24) is 9.80 Å². The Morgan fingerprint density at radius 1 is 0.905 bits per heavy atom. The molecule has 6 heteroatoms. The quantitative estimate of drug-likeness (QED) is 0.825. The predicted molar refractivity (Wildman–Crippen MR) is 81.2 cm³/mol. The van der Waals surface area contributed by atoms with Gasteiger partial charge in [-0.3, -0.25) is 14.4 Å². The highest BCUT2D eigenvalue weighted by Gasteiger charge is 2.17. The summed E-state index contributed by atoms with van der Waals surface area (Å²) in [6, 6.07) is 6.63. The maximum absolute atomic E-state index is 11.8. The highest BCUT2D eigenvalue weighted by atomic mass is 16.2. The van der Waals surface area contributed by atoms with Crippen LogP contribution in [0.1, 0.15) is 17.3 Å². The summed E-state index contributed by atoms with van der Waals surface area (Å²) >= 11 is 0. The molecule has 0 bridgehead atoms. The van der Waals surface area contributed by atoms with Crippen molar-refractivity contribution in [3.8, 4) is 0 Å². The number of amides is 3. The second-order valence-electron chi connectivity index (χ2n) is 5.14. The third-order valence-electron chi connectivity index (χ3n) is 3.00. The molecule has 3 amide bonds. The number of rotatable bonds is 4. The van der Waals surface area contributed by atoms with E-state index in [0.717, 1.165) is 0 Å². The van der Waals surface area contributed by atoms with E-state index in [0.29, 0.717) is 11.3 Å². The van der Waals surface area contributed by atoms with Gasteiger partial charge in [-0.2, -0.15) is 0 Å². The molecule has 0 spiro atoms. The van der Waals surface area contributed by atoms with Crippen molar-refractivity contribution in [1.29, 1.82) is 0 Å². The first kappa shape index (κ1) is 16.7. The molecule has 0 fully saturated rings. The number of carbonyl (C=O) groups is 3. The fourth-order valence-corrected chi connectivity index (χ4v) is 1.70. The number of nitrogens with zero attached hydrogens (tertiary/aromatic N) is 3. The van der Waals surface area contributed by atoms with Gasteiger partial charge >= 0.3 is 0 Å². The third kappa shape index (κ3) is 4.30. The van der Waals surface area contributed by atoms with E-state index in [1.165, 1.54) is 21.6 Å². The summed E-state index contributed by atoms with van der Waals surface area (Å²) in [6.45, 7) is 1.38. The summed E-state index contributed by atoms with van der Waals surface area (Å²) in [5, 5.41) is 0. The largest absolute Gasteiger partial charge is 0.347 e. The van der Waals surface area contributed by atoms with Crippen LogP contribution in [0.4, 0.5) is 5.69 Å². The van der Waals surface area contributed by atoms with Crippen LogP contribution < -0.4 is 4.90 Å². The lowest BCUT2D eigenvalue weighted by molar-refractivity contribution is -0.129. The molecule has 0 aliphatic carbocycles. The Hall–Kier alpha value is -2.37. The minimum Gasteiger partial charge on any atom is -0.347 e. The Balaban J connectivity index is 2.98.